The van der Waals surface area contributed by atoms with Crippen molar-refractivity contribution >= 4 is 12.0 Å². The third-order valence-corrected chi connectivity index (χ3v) is 6.96. The van der Waals surface area contributed by atoms with E-state index in [1.807, 2.05) is 13.8 Å². The second-order valence-corrected chi connectivity index (χ2v) is 8.27. The smallest absolute Gasteiger partial charge is 0.375 e. The van der Waals surface area contributed by atoms with Crippen molar-refractivity contribution in [1.29, 1.82) is 0 Å². The highest BCUT2D eigenvalue weighted by molar-refractivity contribution is 5.96. The fourth-order valence-corrected chi connectivity index (χ4v) is 4.91. The van der Waals surface area contributed by atoms with E-state index in [-0.39, 0.29) is 0 Å². The molecule has 0 aromatic rings. The number of carbonyl (C=O) groups excluding carboxylic acids is 1. The van der Waals surface area contributed by atoms with E-state index in [4.69, 9.17) is 0 Å². The average molecular weight is 346 g/mol. The SMILES string of the molecule is CC12CCC(C(C(O)(/C=N/N3CCCC3)C(F)(F)F)C1=O)C2(C)C. The zero-order valence-electron chi connectivity index (χ0n) is 14.4. The first-order valence-corrected chi connectivity index (χ1v) is 8.59. The van der Waals surface area contributed by atoms with E-state index in [2.05, 4.69) is 5.10 Å². The van der Waals surface area contributed by atoms with Gasteiger partial charge in [-0.05, 0) is 37.0 Å². The number of hydrazone groups is 1. The average Bonchev–Trinajstić information content (AvgIpc) is 3.09. The molecule has 7 heteroatoms. The van der Waals surface area contributed by atoms with E-state index >= 15 is 0 Å². The minimum Gasteiger partial charge on any atom is -0.375 e. The molecule has 0 amide bonds. The molecule has 0 aromatic heterocycles. The molecule has 2 aliphatic carbocycles. The van der Waals surface area contributed by atoms with Crippen molar-refractivity contribution in [3.8, 4) is 0 Å². The number of hydrogen-bond donors (Lipinski definition) is 1. The normalized spacial score (nSPS) is 38.3. The van der Waals surface area contributed by atoms with E-state index in [1.165, 1.54) is 5.01 Å². The quantitative estimate of drug-likeness (QED) is 0.799. The molecule has 2 bridgehead atoms. The summed E-state index contributed by atoms with van der Waals surface area (Å²) in [7, 11) is 0. The van der Waals surface area contributed by atoms with E-state index in [1.54, 1.807) is 6.92 Å². The van der Waals surface area contributed by atoms with Crippen LogP contribution in [0.2, 0.25) is 0 Å². The summed E-state index contributed by atoms with van der Waals surface area (Å²) in [5, 5.41) is 16.0. The van der Waals surface area contributed by atoms with Gasteiger partial charge in [0.25, 0.3) is 0 Å². The topological polar surface area (TPSA) is 52.9 Å². The molecule has 4 unspecified atom stereocenters. The third-order valence-electron chi connectivity index (χ3n) is 6.96. The molecule has 0 aromatic carbocycles. The monoisotopic (exact) mass is 346 g/mol. The largest absolute Gasteiger partial charge is 0.423 e. The minimum absolute atomic E-state index is 0.476. The van der Waals surface area contributed by atoms with Crippen LogP contribution in [0.15, 0.2) is 5.10 Å². The molecular formula is C17H25F3N2O2. The molecule has 3 aliphatic rings. The van der Waals surface area contributed by atoms with Crippen LogP contribution in [0.1, 0.15) is 46.5 Å². The maximum atomic E-state index is 13.8. The second-order valence-electron chi connectivity index (χ2n) is 8.27. The van der Waals surface area contributed by atoms with Crippen LogP contribution < -0.4 is 0 Å². The van der Waals surface area contributed by atoms with Crippen LogP contribution in [0.25, 0.3) is 0 Å². The van der Waals surface area contributed by atoms with Crippen LogP contribution in [-0.2, 0) is 4.79 Å². The van der Waals surface area contributed by atoms with E-state index in [9.17, 15) is 23.1 Å². The van der Waals surface area contributed by atoms with Crippen molar-refractivity contribution in [1.82, 2.24) is 5.01 Å². The molecule has 1 N–H and O–H groups in total. The first-order valence-electron chi connectivity index (χ1n) is 8.59. The lowest BCUT2D eigenvalue weighted by molar-refractivity contribution is -0.249. The number of halogens is 3. The van der Waals surface area contributed by atoms with Gasteiger partial charge in [0.2, 0.25) is 5.60 Å². The summed E-state index contributed by atoms with van der Waals surface area (Å²) < 4.78 is 41.4. The Morgan fingerprint density at radius 2 is 1.83 bits per heavy atom. The molecule has 3 rings (SSSR count). The molecule has 2 saturated carbocycles. The predicted molar refractivity (Wildman–Crippen MR) is 83.4 cm³/mol. The summed E-state index contributed by atoms with van der Waals surface area (Å²) in [5.41, 5.74) is -4.58. The summed E-state index contributed by atoms with van der Waals surface area (Å²) in [6, 6.07) is 0. The molecule has 0 radical (unpaired) electrons. The molecule has 136 valence electrons. The summed E-state index contributed by atoms with van der Waals surface area (Å²) in [6.45, 7) is 6.59. The van der Waals surface area contributed by atoms with E-state index in [0.717, 1.165) is 12.8 Å². The van der Waals surface area contributed by atoms with E-state index < -0.39 is 40.2 Å². The predicted octanol–water partition coefficient (Wildman–Crippen LogP) is 3.00. The zero-order chi connectivity index (χ0) is 18.0. The van der Waals surface area contributed by atoms with Crippen molar-refractivity contribution in [3.05, 3.63) is 0 Å². The Kier molecular flexibility index (Phi) is 3.83. The number of Topliss-reactive ketones (excluding diaryl/α,β-unsaturated/α-hetero) is 1. The minimum atomic E-state index is -4.94. The Labute approximate surface area is 140 Å². The fraction of sp³-hybridized carbons (Fsp3) is 0.882. The lowest BCUT2D eigenvalue weighted by Crippen LogP contribution is -2.58. The number of ketones is 1. The molecule has 24 heavy (non-hydrogen) atoms. The number of carbonyl (C=O) groups is 1. The van der Waals surface area contributed by atoms with Gasteiger partial charge in [0.05, 0.1) is 12.1 Å². The number of aliphatic hydroxyl groups is 1. The summed E-state index contributed by atoms with van der Waals surface area (Å²) in [4.78, 5) is 12.9. The third kappa shape index (κ3) is 2.16. The van der Waals surface area contributed by atoms with Crippen LogP contribution >= 0.6 is 0 Å². The molecule has 1 saturated heterocycles. The van der Waals surface area contributed by atoms with Crippen molar-refractivity contribution in [2.24, 2.45) is 27.8 Å². The maximum Gasteiger partial charge on any atom is 0.423 e. The second kappa shape index (κ2) is 5.19. The zero-order valence-corrected chi connectivity index (χ0v) is 14.4. The Morgan fingerprint density at radius 3 is 2.29 bits per heavy atom. The van der Waals surface area contributed by atoms with Gasteiger partial charge in [0, 0.05) is 18.5 Å². The van der Waals surface area contributed by atoms with Gasteiger partial charge in [0.1, 0.15) is 5.78 Å². The van der Waals surface area contributed by atoms with Crippen LogP contribution in [-0.4, -0.2) is 47.0 Å². The van der Waals surface area contributed by atoms with Gasteiger partial charge in [-0.1, -0.05) is 20.8 Å². The molecule has 0 spiro atoms. The Morgan fingerprint density at radius 1 is 1.25 bits per heavy atom. The van der Waals surface area contributed by atoms with Crippen molar-refractivity contribution < 1.29 is 23.1 Å². The van der Waals surface area contributed by atoms with Gasteiger partial charge >= 0.3 is 6.18 Å². The van der Waals surface area contributed by atoms with Gasteiger partial charge in [-0.3, -0.25) is 9.80 Å². The number of alkyl halides is 3. The Balaban J connectivity index is 2.00. The number of nitrogens with zero attached hydrogens (tertiary/aromatic N) is 2. The van der Waals surface area contributed by atoms with Crippen LogP contribution in [0.3, 0.4) is 0 Å². The highest BCUT2D eigenvalue weighted by Gasteiger charge is 2.74. The lowest BCUT2D eigenvalue weighted by atomic mass is 9.70. The number of fused-ring (bicyclic) bond motifs is 2. The Bertz CT molecular complexity index is 569. The molecule has 4 atom stereocenters. The molecule has 3 fully saturated rings. The van der Waals surface area contributed by atoms with Gasteiger partial charge < -0.3 is 5.11 Å². The van der Waals surface area contributed by atoms with Gasteiger partial charge in [-0.25, -0.2) is 0 Å². The van der Waals surface area contributed by atoms with Gasteiger partial charge in [-0.15, -0.1) is 0 Å². The first kappa shape index (κ1) is 17.7. The standard InChI is InChI=1S/C17H25F3N2O2/c1-14(2)11-6-7-15(14,3)13(23)12(11)16(24,17(18,19)20)10-21-22-8-4-5-9-22/h10-12,24H,4-9H2,1-3H3/b21-10+. The summed E-state index contributed by atoms with van der Waals surface area (Å²) >= 11 is 0. The maximum absolute atomic E-state index is 13.8. The lowest BCUT2D eigenvalue weighted by Gasteiger charge is -2.37. The highest BCUT2D eigenvalue weighted by atomic mass is 19.4. The number of hydrogen-bond acceptors (Lipinski definition) is 4. The van der Waals surface area contributed by atoms with Crippen LogP contribution in [0, 0.1) is 22.7 Å². The number of rotatable bonds is 3. The van der Waals surface area contributed by atoms with Gasteiger partial charge in [0.15, 0.2) is 0 Å². The van der Waals surface area contributed by atoms with Crippen LogP contribution in [0.4, 0.5) is 13.2 Å². The van der Waals surface area contributed by atoms with Crippen molar-refractivity contribution in [2.45, 2.75) is 58.2 Å². The molecular weight excluding hydrogens is 321 g/mol. The molecule has 1 heterocycles. The van der Waals surface area contributed by atoms with Crippen molar-refractivity contribution in [3.63, 3.8) is 0 Å². The fourth-order valence-electron chi connectivity index (χ4n) is 4.91. The van der Waals surface area contributed by atoms with Crippen molar-refractivity contribution in [2.75, 3.05) is 13.1 Å². The highest BCUT2D eigenvalue weighted by Crippen LogP contribution is 2.68. The Hall–Kier alpha value is -1.11. The van der Waals surface area contributed by atoms with Crippen LogP contribution in [0.5, 0.6) is 0 Å². The molecule has 1 aliphatic heterocycles. The van der Waals surface area contributed by atoms with E-state index in [0.29, 0.717) is 32.1 Å². The summed E-state index contributed by atoms with van der Waals surface area (Å²) in [6.07, 6.45) is -1.50. The first-order chi connectivity index (χ1) is 11.0. The summed E-state index contributed by atoms with van der Waals surface area (Å²) in [5.74, 6) is -2.44. The molecule has 4 nitrogen and oxygen atoms in total. The van der Waals surface area contributed by atoms with Gasteiger partial charge in [-0.2, -0.15) is 18.3 Å².